The van der Waals surface area contributed by atoms with E-state index in [0.717, 1.165) is 12.8 Å². The van der Waals surface area contributed by atoms with Crippen molar-refractivity contribution in [3.8, 4) is 0 Å². The zero-order valence-electron chi connectivity index (χ0n) is 13.4. The summed E-state index contributed by atoms with van der Waals surface area (Å²) in [6.45, 7) is 7.97. The van der Waals surface area contributed by atoms with E-state index in [1.165, 1.54) is 0 Å². The van der Waals surface area contributed by atoms with Gasteiger partial charge in [0.2, 0.25) is 5.91 Å². The SMILES string of the molecule is C=CC1(/C(=C(\C)C(=O)O)C(C)N(C)C)CCCCNC1=O. The number of carbonyl (C=O) groups excluding carboxylic acids is 1. The molecule has 1 aliphatic heterocycles. The van der Waals surface area contributed by atoms with Crippen LogP contribution in [0.5, 0.6) is 0 Å². The largest absolute Gasteiger partial charge is 0.478 e. The predicted octanol–water partition coefficient (Wildman–Crippen LogP) is 1.81. The molecule has 5 heteroatoms. The van der Waals surface area contributed by atoms with Gasteiger partial charge in [0.05, 0.1) is 5.41 Å². The molecule has 118 valence electrons. The first kappa shape index (κ1) is 17.4. The van der Waals surface area contributed by atoms with Crippen LogP contribution in [-0.2, 0) is 9.59 Å². The van der Waals surface area contributed by atoms with Crippen LogP contribution in [0.25, 0.3) is 0 Å². The second-order valence-electron chi connectivity index (χ2n) is 5.87. The summed E-state index contributed by atoms with van der Waals surface area (Å²) in [7, 11) is 3.76. The number of carbonyl (C=O) groups is 2. The molecule has 1 fully saturated rings. The zero-order chi connectivity index (χ0) is 16.2. The Bertz CT molecular complexity index is 468. The van der Waals surface area contributed by atoms with Crippen LogP contribution in [0.2, 0.25) is 0 Å². The highest BCUT2D eigenvalue weighted by Crippen LogP contribution is 2.41. The molecule has 21 heavy (non-hydrogen) atoms. The summed E-state index contributed by atoms with van der Waals surface area (Å²) in [6.07, 6.45) is 3.98. The molecular weight excluding hydrogens is 268 g/mol. The molecule has 1 aliphatic rings. The van der Waals surface area contributed by atoms with Crippen molar-refractivity contribution < 1.29 is 14.7 Å². The lowest BCUT2D eigenvalue weighted by Gasteiger charge is -2.37. The molecular formula is C16H26N2O3. The normalized spacial score (nSPS) is 25.7. The molecule has 2 atom stereocenters. The Morgan fingerprint density at radius 3 is 2.57 bits per heavy atom. The molecule has 2 N–H and O–H groups in total. The first-order valence-corrected chi connectivity index (χ1v) is 7.30. The van der Waals surface area contributed by atoms with Crippen LogP contribution in [0.3, 0.4) is 0 Å². The monoisotopic (exact) mass is 294 g/mol. The Morgan fingerprint density at radius 1 is 1.48 bits per heavy atom. The number of nitrogens with one attached hydrogen (secondary N) is 1. The van der Waals surface area contributed by atoms with Gasteiger partial charge in [-0.05, 0) is 52.8 Å². The molecule has 0 saturated carbocycles. The van der Waals surface area contributed by atoms with Crippen molar-refractivity contribution in [2.24, 2.45) is 5.41 Å². The Hall–Kier alpha value is -1.62. The van der Waals surface area contributed by atoms with Gasteiger partial charge in [-0.25, -0.2) is 4.79 Å². The molecule has 1 rings (SSSR count). The van der Waals surface area contributed by atoms with Crippen LogP contribution in [0, 0.1) is 5.41 Å². The number of carboxylic acid groups (broad SMARTS) is 1. The van der Waals surface area contributed by atoms with Gasteiger partial charge in [-0.15, -0.1) is 6.58 Å². The Morgan fingerprint density at radius 2 is 2.10 bits per heavy atom. The smallest absolute Gasteiger partial charge is 0.331 e. The van der Waals surface area contributed by atoms with Gasteiger partial charge in [-0.1, -0.05) is 6.08 Å². The highest BCUT2D eigenvalue weighted by Gasteiger charge is 2.44. The van der Waals surface area contributed by atoms with E-state index in [4.69, 9.17) is 0 Å². The fourth-order valence-electron chi connectivity index (χ4n) is 2.96. The number of hydrogen-bond donors (Lipinski definition) is 2. The van der Waals surface area contributed by atoms with Gasteiger partial charge in [-0.2, -0.15) is 0 Å². The number of amides is 1. The van der Waals surface area contributed by atoms with Gasteiger partial charge in [0, 0.05) is 18.2 Å². The van der Waals surface area contributed by atoms with E-state index in [1.807, 2.05) is 25.9 Å². The summed E-state index contributed by atoms with van der Waals surface area (Å²) in [6, 6.07) is -0.164. The summed E-state index contributed by atoms with van der Waals surface area (Å²) in [5.41, 5.74) is -0.0783. The molecule has 0 bridgehead atoms. The lowest BCUT2D eigenvalue weighted by Crippen LogP contribution is -2.45. The molecule has 1 amide bonds. The van der Waals surface area contributed by atoms with Crippen molar-refractivity contribution in [1.82, 2.24) is 10.2 Å². The third kappa shape index (κ3) is 3.35. The lowest BCUT2D eigenvalue weighted by atomic mass is 9.71. The third-order valence-electron chi connectivity index (χ3n) is 4.43. The Balaban J connectivity index is 3.53. The number of nitrogens with zero attached hydrogens (tertiary/aromatic N) is 1. The molecule has 2 unspecified atom stereocenters. The van der Waals surface area contributed by atoms with Crippen LogP contribution in [0.1, 0.15) is 33.1 Å². The van der Waals surface area contributed by atoms with E-state index in [2.05, 4.69) is 11.9 Å². The van der Waals surface area contributed by atoms with E-state index in [-0.39, 0.29) is 17.5 Å². The highest BCUT2D eigenvalue weighted by atomic mass is 16.4. The van der Waals surface area contributed by atoms with Crippen molar-refractivity contribution in [2.75, 3.05) is 20.6 Å². The summed E-state index contributed by atoms with van der Waals surface area (Å²) >= 11 is 0. The van der Waals surface area contributed by atoms with Crippen molar-refractivity contribution in [3.63, 3.8) is 0 Å². The average molecular weight is 294 g/mol. The van der Waals surface area contributed by atoms with Gasteiger partial charge in [0.1, 0.15) is 0 Å². The number of carboxylic acids is 1. The maximum absolute atomic E-state index is 12.6. The van der Waals surface area contributed by atoms with Gasteiger partial charge in [0.25, 0.3) is 0 Å². The highest BCUT2D eigenvalue weighted by molar-refractivity contribution is 5.94. The number of likely N-dealkylation sites (N-methyl/N-ethyl adjacent to an activating group) is 1. The number of aliphatic carboxylic acids is 1. The van der Waals surface area contributed by atoms with Crippen LogP contribution in [-0.4, -0.2) is 48.6 Å². The van der Waals surface area contributed by atoms with E-state index < -0.39 is 11.4 Å². The molecule has 0 aromatic carbocycles. The van der Waals surface area contributed by atoms with Crippen molar-refractivity contribution in [1.29, 1.82) is 0 Å². The maximum Gasteiger partial charge on any atom is 0.331 e. The summed E-state index contributed by atoms with van der Waals surface area (Å²) in [4.78, 5) is 26.1. The summed E-state index contributed by atoms with van der Waals surface area (Å²) in [5, 5.41) is 12.3. The standard InChI is InChI=1S/C16H26N2O3/c1-6-16(9-7-8-10-17-15(16)21)13(11(2)14(19)20)12(3)18(4)5/h6,12H,1,7-10H2,2-5H3,(H,17,21)(H,19,20)/b13-11+. The molecule has 5 nitrogen and oxygen atoms in total. The Kier molecular flexibility index (Phi) is 5.72. The van der Waals surface area contributed by atoms with Crippen LogP contribution in [0.15, 0.2) is 23.8 Å². The minimum Gasteiger partial charge on any atom is -0.478 e. The molecule has 0 spiro atoms. The second kappa shape index (κ2) is 6.89. The molecule has 0 aromatic rings. The third-order valence-corrected chi connectivity index (χ3v) is 4.43. The second-order valence-corrected chi connectivity index (χ2v) is 5.87. The first-order valence-electron chi connectivity index (χ1n) is 7.30. The van der Waals surface area contributed by atoms with Crippen molar-refractivity contribution >= 4 is 11.9 Å². The zero-order valence-corrected chi connectivity index (χ0v) is 13.4. The maximum atomic E-state index is 12.6. The number of hydrogen-bond acceptors (Lipinski definition) is 3. The molecule has 1 heterocycles. The summed E-state index contributed by atoms with van der Waals surface area (Å²) < 4.78 is 0. The lowest BCUT2D eigenvalue weighted by molar-refractivity contribution is -0.132. The first-order chi connectivity index (χ1) is 9.77. The fourth-order valence-corrected chi connectivity index (χ4v) is 2.96. The van der Waals surface area contributed by atoms with Gasteiger partial charge in [-0.3, -0.25) is 4.79 Å². The molecule has 0 radical (unpaired) electrons. The van der Waals surface area contributed by atoms with Crippen LogP contribution >= 0.6 is 0 Å². The predicted molar refractivity (Wildman–Crippen MR) is 83.0 cm³/mol. The van der Waals surface area contributed by atoms with Gasteiger partial charge >= 0.3 is 5.97 Å². The van der Waals surface area contributed by atoms with E-state index in [0.29, 0.717) is 18.5 Å². The number of rotatable bonds is 5. The quantitative estimate of drug-likeness (QED) is 0.599. The minimum absolute atomic E-state index is 0.140. The van der Waals surface area contributed by atoms with E-state index in [1.54, 1.807) is 13.0 Å². The van der Waals surface area contributed by atoms with Crippen LogP contribution in [0.4, 0.5) is 0 Å². The van der Waals surface area contributed by atoms with E-state index >= 15 is 0 Å². The molecule has 0 aliphatic carbocycles. The van der Waals surface area contributed by atoms with Crippen LogP contribution < -0.4 is 5.32 Å². The molecule has 0 aromatic heterocycles. The molecule has 1 saturated heterocycles. The summed E-state index contributed by atoms with van der Waals surface area (Å²) in [5.74, 6) is -1.13. The van der Waals surface area contributed by atoms with Crippen molar-refractivity contribution in [2.45, 2.75) is 39.2 Å². The van der Waals surface area contributed by atoms with Gasteiger partial charge in [0.15, 0.2) is 0 Å². The van der Waals surface area contributed by atoms with E-state index in [9.17, 15) is 14.7 Å². The van der Waals surface area contributed by atoms with Gasteiger partial charge < -0.3 is 15.3 Å². The Labute approximate surface area is 126 Å². The fraction of sp³-hybridized carbons (Fsp3) is 0.625. The van der Waals surface area contributed by atoms with Crippen molar-refractivity contribution in [3.05, 3.63) is 23.8 Å². The topological polar surface area (TPSA) is 69.6 Å². The minimum atomic E-state index is -0.989. The average Bonchev–Trinajstić information content (AvgIpc) is 2.61.